The van der Waals surface area contributed by atoms with Crippen LogP contribution in [0.25, 0.3) is 0 Å². The number of carbonyl (C=O) groups excluding carboxylic acids is 1. The number of nitrogens with one attached hydrogen (secondary N) is 1. The summed E-state index contributed by atoms with van der Waals surface area (Å²) in [6.07, 6.45) is 2.31. The van der Waals surface area contributed by atoms with Crippen LogP contribution in [0, 0.1) is 5.92 Å². The zero-order valence-electron chi connectivity index (χ0n) is 13.3. The van der Waals surface area contributed by atoms with Crippen LogP contribution in [0.3, 0.4) is 0 Å². The summed E-state index contributed by atoms with van der Waals surface area (Å²) >= 11 is 0. The summed E-state index contributed by atoms with van der Waals surface area (Å²) in [5, 5.41) is 3.32. The molecule has 2 rings (SSSR count). The second-order valence-corrected chi connectivity index (χ2v) is 6.11. The monoisotopic (exact) mass is 319 g/mol. The number of halogens is 1. The van der Waals surface area contributed by atoms with E-state index in [1.54, 1.807) is 0 Å². The van der Waals surface area contributed by atoms with Gasteiger partial charge in [0.05, 0.1) is 12.7 Å². The van der Waals surface area contributed by atoms with Crippen molar-refractivity contribution in [2.75, 3.05) is 52.4 Å². The van der Waals surface area contributed by atoms with Gasteiger partial charge < -0.3 is 15.0 Å². The van der Waals surface area contributed by atoms with E-state index in [9.17, 15) is 4.79 Å². The first kappa shape index (κ1) is 18.7. The SMILES string of the molecule is CC(C)OCCN1CCN(C(=O)C2CCNCC2)CC1.Cl. The van der Waals surface area contributed by atoms with Gasteiger partial charge in [-0.05, 0) is 39.8 Å². The number of piperazine rings is 1. The van der Waals surface area contributed by atoms with Gasteiger partial charge in [-0.1, -0.05) is 0 Å². The Morgan fingerprint density at radius 1 is 1.19 bits per heavy atom. The highest BCUT2D eigenvalue weighted by Gasteiger charge is 2.28. The lowest BCUT2D eigenvalue weighted by Gasteiger charge is -2.37. The maximum atomic E-state index is 12.4. The molecule has 2 aliphatic rings. The predicted molar refractivity (Wildman–Crippen MR) is 86.9 cm³/mol. The second kappa shape index (κ2) is 9.62. The van der Waals surface area contributed by atoms with Gasteiger partial charge in [0.15, 0.2) is 0 Å². The van der Waals surface area contributed by atoms with Crippen molar-refractivity contribution in [1.82, 2.24) is 15.1 Å². The van der Waals surface area contributed by atoms with Crippen molar-refractivity contribution < 1.29 is 9.53 Å². The topological polar surface area (TPSA) is 44.8 Å². The third-order valence-corrected chi connectivity index (χ3v) is 4.23. The molecule has 2 heterocycles. The van der Waals surface area contributed by atoms with Gasteiger partial charge in [-0.25, -0.2) is 0 Å². The third-order valence-electron chi connectivity index (χ3n) is 4.23. The molecule has 0 atom stereocenters. The average molecular weight is 320 g/mol. The molecular formula is C15H30ClN3O2. The van der Waals surface area contributed by atoms with Crippen molar-refractivity contribution in [3.8, 4) is 0 Å². The van der Waals surface area contributed by atoms with Gasteiger partial charge in [-0.2, -0.15) is 0 Å². The Labute approximate surface area is 134 Å². The minimum absolute atomic E-state index is 0. The Hall–Kier alpha value is -0.360. The summed E-state index contributed by atoms with van der Waals surface area (Å²) in [6, 6.07) is 0. The Kier molecular flexibility index (Phi) is 8.56. The van der Waals surface area contributed by atoms with Gasteiger partial charge in [-0.3, -0.25) is 9.69 Å². The summed E-state index contributed by atoms with van der Waals surface area (Å²) in [5.41, 5.74) is 0. The maximum Gasteiger partial charge on any atom is 0.225 e. The predicted octanol–water partition coefficient (Wildman–Crippen LogP) is 0.977. The molecule has 0 aromatic carbocycles. The first-order valence-electron chi connectivity index (χ1n) is 8.00. The van der Waals surface area contributed by atoms with Gasteiger partial charge in [0, 0.05) is 38.6 Å². The fourth-order valence-electron chi connectivity index (χ4n) is 2.94. The van der Waals surface area contributed by atoms with E-state index in [0.29, 0.717) is 12.0 Å². The number of hydrogen-bond donors (Lipinski definition) is 1. The van der Waals surface area contributed by atoms with Crippen molar-refractivity contribution in [2.45, 2.75) is 32.8 Å². The molecule has 124 valence electrons. The number of piperidine rings is 1. The van der Waals surface area contributed by atoms with E-state index >= 15 is 0 Å². The minimum Gasteiger partial charge on any atom is -0.377 e. The molecule has 21 heavy (non-hydrogen) atoms. The van der Waals surface area contributed by atoms with Gasteiger partial charge in [-0.15, -0.1) is 12.4 Å². The zero-order valence-corrected chi connectivity index (χ0v) is 14.2. The molecule has 2 saturated heterocycles. The zero-order chi connectivity index (χ0) is 14.4. The fourth-order valence-corrected chi connectivity index (χ4v) is 2.94. The molecular weight excluding hydrogens is 290 g/mol. The lowest BCUT2D eigenvalue weighted by molar-refractivity contribution is -0.138. The molecule has 1 N–H and O–H groups in total. The van der Waals surface area contributed by atoms with Crippen LogP contribution in [0.5, 0.6) is 0 Å². The van der Waals surface area contributed by atoms with Crippen molar-refractivity contribution in [3.63, 3.8) is 0 Å². The van der Waals surface area contributed by atoms with Crippen LogP contribution in [0.4, 0.5) is 0 Å². The fraction of sp³-hybridized carbons (Fsp3) is 0.933. The van der Waals surface area contributed by atoms with Crippen molar-refractivity contribution in [3.05, 3.63) is 0 Å². The van der Waals surface area contributed by atoms with E-state index in [-0.39, 0.29) is 18.3 Å². The standard InChI is InChI=1S/C15H29N3O2.ClH/c1-13(2)20-12-11-17-7-9-18(10-8-17)15(19)14-3-5-16-6-4-14;/h13-14,16H,3-12H2,1-2H3;1H. The summed E-state index contributed by atoms with van der Waals surface area (Å²) in [5.74, 6) is 0.636. The Morgan fingerprint density at radius 2 is 1.81 bits per heavy atom. The molecule has 5 nitrogen and oxygen atoms in total. The normalized spacial score (nSPS) is 21.4. The van der Waals surface area contributed by atoms with Crippen LogP contribution < -0.4 is 5.32 Å². The van der Waals surface area contributed by atoms with E-state index in [1.165, 1.54) is 0 Å². The summed E-state index contributed by atoms with van der Waals surface area (Å²) in [7, 11) is 0. The van der Waals surface area contributed by atoms with Gasteiger partial charge in [0.2, 0.25) is 5.91 Å². The van der Waals surface area contributed by atoms with E-state index < -0.39 is 0 Å². The van der Waals surface area contributed by atoms with Crippen molar-refractivity contribution >= 4 is 18.3 Å². The third kappa shape index (κ3) is 6.10. The molecule has 0 spiro atoms. The highest BCUT2D eigenvalue weighted by Crippen LogP contribution is 2.16. The first-order valence-corrected chi connectivity index (χ1v) is 8.00. The van der Waals surface area contributed by atoms with Crippen LogP contribution in [0.15, 0.2) is 0 Å². The van der Waals surface area contributed by atoms with Gasteiger partial charge in [0.1, 0.15) is 0 Å². The molecule has 0 aromatic heterocycles. The Bertz CT molecular complexity index is 301. The van der Waals surface area contributed by atoms with Crippen LogP contribution >= 0.6 is 12.4 Å². The molecule has 6 heteroatoms. The number of amides is 1. The number of ether oxygens (including phenoxy) is 1. The molecule has 2 fully saturated rings. The number of rotatable bonds is 5. The maximum absolute atomic E-state index is 12.4. The van der Waals surface area contributed by atoms with E-state index in [1.807, 2.05) is 0 Å². The van der Waals surface area contributed by atoms with Crippen LogP contribution in [-0.4, -0.2) is 74.2 Å². The van der Waals surface area contributed by atoms with E-state index in [0.717, 1.165) is 65.3 Å². The molecule has 1 amide bonds. The van der Waals surface area contributed by atoms with Crippen molar-refractivity contribution in [1.29, 1.82) is 0 Å². The van der Waals surface area contributed by atoms with Crippen LogP contribution in [-0.2, 0) is 9.53 Å². The smallest absolute Gasteiger partial charge is 0.225 e. The molecule has 0 aromatic rings. The van der Waals surface area contributed by atoms with Gasteiger partial charge in [0.25, 0.3) is 0 Å². The lowest BCUT2D eigenvalue weighted by atomic mass is 9.96. The first-order chi connectivity index (χ1) is 9.66. The second-order valence-electron chi connectivity index (χ2n) is 6.11. The quantitative estimate of drug-likeness (QED) is 0.820. The summed E-state index contributed by atoms with van der Waals surface area (Å²) in [6.45, 7) is 11.6. The summed E-state index contributed by atoms with van der Waals surface area (Å²) in [4.78, 5) is 16.9. The van der Waals surface area contributed by atoms with Crippen LogP contribution in [0.2, 0.25) is 0 Å². The number of nitrogens with zero attached hydrogens (tertiary/aromatic N) is 2. The molecule has 0 unspecified atom stereocenters. The molecule has 2 aliphatic heterocycles. The lowest BCUT2D eigenvalue weighted by Crippen LogP contribution is -2.51. The number of hydrogen-bond acceptors (Lipinski definition) is 4. The Morgan fingerprint density at radius 3 is 2.38 bits per heavy atom. The highest BCUT2D eigenvalue weighted by atomic mass is 35.5. The molecule has 0 radical (unpaired) electrons. The van der Waals surface area contributed by atoms with Crippen LogP contribution in [0.1, 0.15) is 26.7 Å². The molecule has 0 bridgehead atoms. The molecule has 0 aliphatic carbocycles. The summed E-state index contributed by atoms with van der Waals surface area (Å²) < 4.78 is 5.58. The number of carbonyl (C=O) groups is 1. The Balaban J connectivity index is 0.00000220. The van der Waals surface area contributed by atoms with E-state index in [4.69, 9.17) is 4.74 Å². The molecule has 0 saturated carbocycles. The van der Waals surface area contributed by atoms with E-state index in [2.05, 4.69) is 29.0 Å². The highest BCUT2D eigenvalue weighted by molar-refractivity contribution is 5.85. The van der Waals surface area contributed by atoms with Crippen molar-refractivity contribution in [2.24, 2.45) is 5.92 Å². The largest absolute Gasteiger partial charge is 0.377 e. The minimum atomic E-state index is 0. The average Bonchev–Trinajstić information content (AvgIpc) is 2.48. The van der Waals surface area contributed by atoms with Gasteiger partial charge >= 0.3 is 0 Å².